The standard InChI is InChI=1S/C14H22N2O2/c1-5-16(8-9(2)3)11-6-10(4)13(15)12(7-11)14(17)18/h6-7,9H,5,8,15H2,1-4H3,(H,17,18). The van der Waals surface area contributed by atoms with Crippen LogP contribution < -0.4 is 10.6 Å². The minimum Gasteiger partial charge on any atom is -0.478 e. The summed E-state index contributed by atoms with van der Waals surface area (Å²) in [6.07, 6.45) is 0. The maximum absolute atomic E-state index is 11.2. The highest BCUT2D eigenvalue weighted by molar-refractivity contribution is 5.95. The number of benzene rings is 1. The summed E-state index contributed by atoms with van der Waals surface area (Å²) in [6.45, 7) is 9.94. The topological polar surface area (TPSA) is 66.6 Å². The van der Waals surface area contributed by atoms with Crippen LogP contribution in [-0.2, 0) is 0 Å². The Kier molecular flexibility index (Phi) is 4.59. The van der Waals surface area contributed by atoms with Crippen molar-refractivity contribution in [3.05, 3.63) is 23.3 Å². The lowest BCUT2D eigenvalue weighted by molar-refractivity contribution is 0.0698. The number of rotatable bonds is 5. The highest BCUT2D eigenvalue weighted by Gasteiger charge is 2.15. The summed E-state index contributed by atoms with van der Waals surface area (Å²) in [5, 5.41) is 9.15. The Hall–Kier alpha value is -1.71. The number of aryl methyl sites for hydroxylation is 1. The molecule has 0 saturated carbocycles. The van der Waals surface area contributed by atoms with Gasteiger partial charge in [0.15, 0.2) is 0 Å². The second-order valence-electron chi connectivity index (χ2n) is 4.96. The zero-order valence-corrected chi connectivity index (χ0v) is 11.5. The summed E-state index contributed by atoms with van der Waals surface area (Å²) in [5.41, 5.74) is 8.08. The lowest BCUT2D eigenvalue weighted by atomic mass is 10.1. The van der Waals surface area contributed by atoms with Gasteiger partial charge in [0.2, 0.25) is 0 Å². The lowest BCUT2D eigenvalue weighted by Crippen LogP contribution is -2.27. The first-order valence-electron chi connectivity index (χ1n) is 6.25. The van der Waals surface area contributed by atoms with E-state index in [0.29, 0.717) is 11.6 Å². The molecule has 0 amide bonds. The molecule has 0 aliphatic rings. The molecule has 0 spiro atoms. The Labute approximate surface area is 108 Å². The normalized spacial score (nSPS) is 10.7. The number of aromatic carboxylic acids is 1. The van der Waals surface area contributed by atoms with Gasteiger partial charge in [-0.2, -0.15) is 0 Å². The molecule has 1 aromatic rings. The van der Waals surface area contributed by atoms with Gasteiger partial charge < -0.3 is 15.7 Å². The van der Waals surface area contributed by atoms with Crippen molar-refractivity contribution in [2.24, 2.45) is 5.92 Å². The van der Waals surface area contributed by atoms with Crippen molar-refractivity contribution in [2.45, 2.75) is 27.7 Å². The molecule has 0 fully saturated rings. The van der Waals surface area contributed by atoms with Gasteiger partial charge in [0.1, 0.15) is 0 Å². The fraction of sp³-hybridized carbons (Fsp3) is 0.500. The van der Waals surface area contributed by atoms with E-state index < -0.39 is 5.97 Å². The molecule has 4 nitrogen and oxygen atoms in total. The van der Waals surface area contributed by atoms with E-state index in [2.05, 4.69) is 25.7 Å². The van der Waals surface area contributed by atoms with Gasteiger partial charge in [-0.15, -0.1) is 0 Å². The fourth-order valence-corrected chi connectivity index (χ4v) is 2.00. The van der Waals surface area contributed by atoms with Gasteiger partial charge in [-0.25, -0.2) is 4.79 Å². The molecule has 0 aromatic heterocycles. The van der Waals surface area contributed by atoms with Gasteiger partial charge in [0, 0.05) is 24.5 Å². The molecule has 0 aliphatic heterocycles. The van der Waals surface area contributed by atoms with Crippen LogP contribution in [0.1, 0.15) is 36.7 Å². The van der Waals surface area contributed by atoms with Gasteiger partial charge in [-0.05, 0) is 37.5 Å². The number of nitrogens with zero attached hydrogens (tertiary/aromatic N) is 1. The first kappa shape index (κ1) is 14.4. The zero-order chi connectivity index (χ0) is 13.9. The summed E-state index contributed by atoms with van der Waals surface area (Å²) in [7, 11) is 0. The predicted molar refractivity (Wildman–Crippen MR) is 75.3 cm³/mol. The number of carboxylic acids is 1. The number of hydrogen-bond acceptors (Lipinski definition) is 3. The summed E-state index contributed by atoms with van der Waals surface area (Å²) in [6, 6.07) is 3.62. The average Bonchev–Trinajstić information content (AvgIpc) is 2.28. The summed E-state index contributed by atoms with van der Waals surface area (Å²) in [5.74, 6) is -0.450. The third-order valence-corrected chi connectivity index (χ3v) is 2.93. The number of carbonyl (C=O) groups is 1. The first-order valence-corrected chi connectivity index (χ1v) is 6.25. The minimum atomic E-state index is -0.974. The van der Waals surface area contributed by atoms with E-state index in [9.17, 15) is 4.79 Å². The maximum atomic E-state index is 11.2. The third-order valence-electron chi connectivity index (χ3n) is 2.93. The molecule has 0 heterocycles. The Morgan fingerprint density at radius 3 is 2.50 bits per heavy atom. The van der Waals surface area contributed by atoms with Crippen molar-refractivity contribution in [2.75, 3.05) is 23.7 Å². The van der Waals surface area contributed by atoms with Gasteiger partial charge in [-0.1, -0.05) is 13.8 Å². The van der Waals surface area contributed by atoms with Crippen molar-refractivity contribution in [3.8, 4) is 0 Å². The monoisotopic (exact) mass is 250 g/mol. The smallest absolute Gasteiger partial charge is 0.337 e. The van der Waals surface area contributed by atoms with Gasteiger partial charge in [-0.3, -0.25) is 0 Å². The molecule has 0 atom stereocenters. The van der Waals surface area contributed by atoms with Crippen LogP contribution >= 0.6 is 0 Å². The Bertz CT molecular complexity index is 442. The number of carboxylic acid groups (broad SMARTS) is 1. The SMILES string of the molecule is CCN(CC(C)C)c1cc(C)c(N)c(C(=O)O)c1. The molecule has 1 rings (SSSR count). The van der Waals surface area contributed by atoms with E-state index in [1.165, 1.54) is 0 Å². The molecule has 1 aromatic carbocycles. The molecule has 18 heavy (non-hydrogen) atoms. The van der Waals surface area contributed by atoms with Crippen molar-refractivity contribution in [3.63, 3.8) is 0 Å². The van der Waals surface area contributed by atoms with Crippen molar-refractivity contribution >= 4 is 17.3 Å². The van der Waals surface area contributed by atoms with E-state index in [1.807, 2.05) is 13.0 Å². The molecule has 0 aliphatic carbocycles. The molecule has 0 radical (unpaired) electrons. The molecule has 3 N–H and O–H groups in total. The van der Waals surface area contributed by atoms with Crippen LogP contribution in [0, 0.1) is 12.8 Å². The lowest BCUT2D eigenvalue weighted by Gasteiger charge is -2.26. The molecule has 0 unspecified atom stereocenters. The molecule has 0 bridgehead atoms. The predicted octanol–water partition coefficient (Wildman–Crippen LogP) is 2.76. The largest absolute Gasteiger partial charge is 0.478 e. The van der Waals surface area contributed by atoms with Gasteiger partial charge >= 0.3 is 5.97 Å². The Morgan fingerprint density at radius 1 is 1.44 bits per heavy atom. The van der Waals surface area contributed by atoms with E-state index in [4.69, 9.17) is 10.8 Å². The third kappa shape index (κ3) is 3.15. The second kappa shape index (κ2) is 5.76. The van der Waals surface area contributed by atoms with Gasteiger partial charge in [0.25, 0.3) is 0 Å². The number of hydrogen-bond donors (Lipinski definition) is 2. The summed E-state index contributed by atoms with van der Waals surface area (Å²) < 4.78 is 0. The van der Waals surface area contributed by atoms with Crippen molar-refractivity contribution < 1.29 is 9.90 Å². The molecule has 4 heteroatoms. The molecule has 100 valence electrons. The minimum absolute atomic E-state index is 0.187. The van der Waals surface area contributed by atoms with Crippen LogP contribution in [0.2, 0.25) is 0 Å². The quantitative estimate of drug-likeness (QED) is 0.789. The molecular formula is C14H22N2O2. The van der Waals surface area contributed by atoms with Crippen LogP contribution in [0.15, 0.2) is 12.1 Å². The van der Waals surface area contributed by atoms with Crippen LogP contribution in [-0.4, -0.2) is 24.2 Å². The number of anilines is 2. The van der Waals surface area contributed by atoms with Crippen molar-refractivity contribution in [1.82, 2.24) is 0 Å². The van der Waals surface area contributed by atoms with E-state index in [1.54, 1.807) is 6.07 Å². The van der Waals surface area contributed by atoms with Crippen molar-refractivity contribution in [1.29, 1.82) is 0 Å². The van der Waals surface area contributed by atoms with Crippen LogP contribution in [0.3, 0.4) is 0 Å². The highest BCUT2D eigenvalue weighted by atomic mass is 16.4. The van der Waals surface area contributed by atoms with Crippen LogP contribution in [0.25, 0.3) is 0 Å². The highest BCUT2D eigenvalue weighted by Crippen LogP contribution is 2.26. The summed E-state index contributed by atoms with van der Waals surface area (Å²) in [4.78, 5) is 13.3. The Balaban J connectivity index is 3.20. The van der Waals surface area contributed by atoms with Gasteiger partial charge in [0.05, 0.1) is 5.56 Å². The average molecular weight is 250 g/mol. The first-order chi connectivity index (χ1) is 8.36. The van der Waals surface area contributed by atoms with E-state index >= 15 is 0 Å². The Morgan fingerprint density at radius 2 is 2.06 bits per heavy atom. The number of nitrogen functional groups attached to an aromatic ring is 1. The van der Waals surface area contributed by atoms with Crippen LogP contribution in [0.4, 0.5) is 11.4 Å². The van der Waals surface area contributed by atoms with E-state index in [-0.39, 0.29) is 5.56 Å². The number of nitrogens with two attached hydrogens (primary N) is 1. The maximum Gasteiger partial charge on any atom is 0.337 e. The van der Waals surface area contributed by atoms with Crippen LogP contribution in [0.5, 0.6) is 0 Å². The second-order valence-corrected chi connectivity index (χ2v) is 4.96. The van der Waals surface area contributed by atoms with E-state index in [0.717, 1.165) is 24.3 Å². The fourth-order valence-electron chi connectivity index (χ4n) is 2.00. The summed E-state index contributed by atoms with van der Waals surface area (Å²) >= 11 is 0. The molecular weight excluding hydrogens is 228 g/mol. The molecule has 0 saturated heterocycles. The zero-order valence-electron chi connectivity index (χ0n) is 11.5.